The Labute approximate surface area is 155 Å². The first kappa shape index (κ1) is 20.4. The predicted octanol–water partition coefficient (Wildman–Crippen LogP) is 6.86. The Morgan fingerprint density at radius 3 is 2.00 bits per heavy atom. The molecule has 2 rings (SSSR count). The van der Waals surface area contributed by atoms with Crippen LogP contribution in [0.3, 0.4) is 0 Å². The SMILES string of the molecule is C=C(C)[C@@H]1CC(O[Si](C(C)C)(C(C)C)C(C)C)O[C@@H]1c1ccccc1. The van der Waals surface area contributed by atoms with Crippen LogP contribution >= 0.6 is 0 Å². The topological polar surface area (TPSA) is 18.5 Å². The van der Waals surface area contributed by atoms with Crippen molar-refractivity contribution in [2.45, 2.75) is 83.9 Å². The maximum absolute atomic E-state index is 6.89. The Balaban J connectivity index is 2.27. The second kappa shape index (κ2) is 8.19. The maximum atomic E-state index is 6.89. The molecule has 1 fully saturated rings. The van der Waals surface area contributed by atoms with Crippen LogP contribution in [-0.2, 0) is 9.16 Å². The molecule has 1 aromatic carbocycles. The number of hydrogen-bond acceptors (Lipinski definition) is 2. The van der Waals surface area contributed by atoms with E-state index in [1.165, 1.54) is 11.1 Å². The molecule has 0 spiro atoms. The van der Waals surface area contributed by atoms with Crippen molar-refractivity contribution >= 4 is 8.32 Å². The summed E-state index contributed by atoms with van der Waals surface area (Å²) in [6.45, 7) is 20.3. The van der Waals surface area contributed by atoms with Crippen molar-refractivity contribution < 1.29 is 9.16 Å². The fraction of sp³-hybridized carbons (Fsp3) is 0.636. The van der Waals surface area contributed by atoms with Crippen LogP contribution in [-0.4, -0.2) is 14.6 Å². The van der Waals surface area contributed by atoms with E-state index in [0.717, 1.165) is 6.42 Å². The molecule has 0 aliphatic carbocycles. The Hall–Kier alpha value is -0.903. The van der Waals surface area contributed by atoms with Gasteiger partial charge >= 0.3 is 0 Å². The summed E-state index contributed by atoms with van der Waals surface area (Å²) in [6.07, 6.45) is 0.850. The van der Waals surface area contributed by atoms with E-state index < -0.39 is 8.32 Å². The van der Waals surface area contributed by atoms with Crippen LogP contribution in [0.15, 0.2) is 42.5 Å². The lowest BCUT2D eigenvalue weighted by Gasteiger charge is -2.43. The van der Waals surface area contributed by atoms with Crippen molar-refractivity contribution in [2.75, 3.05) is 0 Å². The molecule has 1 aliphatic heterocycles. The van der Waals surface area contributed by atoms with Crippen LogP contribution in [0.25, 0.3) is 0 Å². The molecule has 0 saturated carbocycles. The molecule has 0 N–H and O–H groups in total. The standard InChI is InChI=1S/C22H36O2Si/c1-15(2)20-14-21(23-22(20)19-12-10-9-11-13-19)24-25(16(3)4,17(5)6)18(7)8/h9-13,16-18,20-22H,1,14H2,2-8H3/t20-,21?,22+/m0/s1. The molecule has 1 aromatic rings. The first-order valence-electron chi connectivity index (χ1n) is 9.73. The molecular formula is C22H36O2Si. The zero-order valence-electron chi connectivity index (χ0n) is 17.1. The highest BCUT2D eigenvalue weighted by atomic mass is 28.4. The second-order valence-electron chi connectivity index (χ2n) is 8.52. The first-order chi connectivity index (χ1) is 11.7. The third-order valence-electron chi connectivity index (χ3n) is 5.91. The fourth-order valence-corrected chi connectivity index (χ4v) is 10.2. The van der Waals surface area contributed by atoms with Gasteiger partial charge in [0.25, 0.3) is 0 Å². The van der Waals surface area contributed by atoms with E-state index in [2.05, 4.69) is 85.4 Å². The van der Waals surface area contributed by atoms with Crippen LogP contribution in [0.4, 0.5) is 0 Å². The quantitative estimate of drug-likeness (QED) is 0.390. The summed E-state index contributed by atoms with van der Waals surface area (Å²) in [5.74, 6) is 0.325. The summed E-state index contributed by atoms with van der Waals surface area (Å²) in [4.78, 5) is 0. The largest absolute Gasteiger partial charge is 0.391 e. The molecule has 3 heteroatoms. The third-order valence-corrected chi connectivity index (χ3v) is 12.0. The van der Waals surface area contributed by atoms with Gasteiger partial charge in [-0.05, 0) is 29.1 Å². The third kappa shape index (κ3) is 4.10. The van der Waals surface area contributed by atoms with Gasteiger partial charge in [0.05, 0.1) is 6.10 Å². The van der Waals surface area contributed by atoms with Crippen molar-refractivity contribution in [1.29, 1.82) is 0 Å². The number of ether oxygens (including phenoxy) is 1. The van der Waals surface area contributed by atoms with Crippen molar-refractivity contribution in [3.63, 3.8) is 0 Å². The summed E-state index contributed by atoms with van der Waals surface area (Å²) in [5.41, 5.74) is 4.11. The summed E-state index contributed by atoms with van der Waals surface area (Å²) in [5, 5.41) is 0. The van der Waals surface area contributed by atoms with Gasteiger partial charge < -0.3 is 9.16 Å². The Bertz CT molecular complexity index is 543. The Morgan fingerprint density at radius 2 is 1.56 bits per heavy atom. The van der Waals surface area contributed by atoms with Gasteiger partial charge in [-0.15, -0.1) is 0 Å². The van der Waals surface area contributed by atoms with E-state index in [1.54, 1.807) is 0 Å². The zero-order chi connectivity index (χ0) is 18.8. The van der Waals surface area contributed by atoms with E-state index in [9.17, 15) is 0 Å². The Kier molecular flexibility index (Phi) is 6.69. The van der Waals surface area contributed by atoms with Gasteiger partial charge in [-0.3, -0.25) is 0 Å². The minimum absolute atomic E-state index is 0.0573. The van der Waals surface area contributed by atoms with E-state index in [4.69, 9.17) is 9.16 Å². The normalized spacial score (nSPS) is 24.5. The number of hydrogen-bond donors (Lipinski definition) is 0. The minimum atomic E-state index is -1.94. The lowest BCUT2D eigenvalue weighted by atomic mass is 9.90. The lowest BCUT2D eigenvalue weighted by Crippen LogP contribution is -2.50. The maximum Gasteiger partial charge on any atom is 0.203 e. The molecule has 140 valence electrons. The molecule has 1 aliphatic rings. The van der Waals surface area contributed by atoms with Crippen LogP contribution in [0.5, 0.6) is 0 Å². The molecule has 25 heavy (non-hydrogen) atoms. The highest BCUT2D eigenvalue weighted by Crippen LogP contribution is 2.48. The monoisotopic (exact) mass is 360 g/mol. The molecule has 0 amide bonds. The van der Waals surface area contributed by atoms with Crippen LogP contribution in [0.2, 0.25) is 16.6 Å². The molecule has 1 heterocycles. The number of benzene rings is 1. The van der Waals surface area contributed by atoms with Crippen molar-refractivity contribution in [2.24, 2.45) is 5.92 Å². The van der Waals surface area contributed by atoms with E-state index in [1.807, 2.05) is 0 Å². The smallest absolute Gasteiger partial charge is 0.203 e. The summed E-state index contributed by atoms with van der Waals surface area (Å²) in [6, 6.07) is 10.5. The minimum Gasteiger partial charge on any atom is -0.391 e. The van der Waals surface area contributed by atoms with Crippen LogP contribution in [0.1, 0.15) is 66.6 Å². The van der Waals surface area contributed by atoms with Crippen molar-refractivity contribution in [1.82, 2.24) is 0 Å². The van der Waals surface area contributed by atoms with Gasteiger partial charge in [-0.25, -0.2) is 0 Å². The summed E-state index contributed by atoms with van der Waals surface area (Å²) in [7, 11) is -1.94. The average Bonchev–Trinajstić information content (AvgIpc) is 2.96. The van der Waals surface area contributed by atoms with E-state index >= 15 is 0 Å². The fourth-order valence-electron chi connectivity index (χ4n) is 4.77. The highest BCUT2D eigenvalue weighted by molar-refractivity contribution is 6.77. The predicted molar refractivity (Wildman–Crippen MR) is 109 cm³/mol. The Morgan fingerprint density at radius 1 is 1.04 bits per heavy atom. The second-order valence-corrected chi connectivity index (χ2v) is 13.9. The summed E-state index contributed by atoms with van der Waals surface area (Å²) < 4.78 is 13.4. The molecule has 0 radical (unpaired) electrons. The van der Waals surface area contributed by atoms with Crippen molar-refractivity contribution in [3.8, 4) is 0 Å². The van der Waals surface area contributed by atoms with E-state index in [0.29, 0.717) is 22.5 Å². The van der Waals surface area contributed by atoms with Gasteiger partial charge in [0.1, 0.15) is 6.29 Å². The summed E-state index contributed by atoms with van der Waals surface area (Å²) >= 11 is 0. The van der Waals surface area contributed by atoms with Gasteiger partial charge in [-0.2, -0.15) is 0 Å². The van der Waals surface area contributed by atoms with Crippen LogP contribution in [0, 0.1) is 5.92 Å². The molecular weight excluding hydrogens is 324 g/mol. The van der Waals surface area contributed by atoms with Gasteiger partial charge in [-0.1, -0.05) is 84.0 Å². The number of rotatable bonds is 7. The average molecular weight is 361 g/mol. The molecule has 3 atom stereocenters. The molecule has 1 unspecified atom stereocenters. The first-order valence-corrected chi connectivity index (χ1v) is 11.9. The molecule has 0 bridgehead atoms. The molecule has 1 saturated heterocycles. The van der Waals surface area contributed by atoms with Gasteiger partial charge in [0.2, 0.25) is 8.32 Å². The molecule has 2 nitrogen and oxygen atoms in total. The van der Waals surface area contributed by atoms with E-state index in [-0.39, 0.29) is 12.4 Å². The van der Waals surface area contributed by atoms with Gasteiger partial charge in [0, 0.05) is 12.3 Å². The van der Waals surface area contributed by atoms with Crippen LogP contribution < -0.4 is 0 Å². The molecule has 0 aromatic heterocycles. The van der Waals surface area contributed by atoms with Gasteiger partial charge in [0.15, 0.2) is 0 Å². The zero-order valence-corrected chi connectivity index (χ0v) is 18.1. The lowest BCUT2D eigenvalue weighted by molar-refractivity contribution is -0.0853. The van der Waals surface area contributed by atoms with Crippen molar-refractivity contribution in [3.05, 3.63) is 48.0 Å². The highest BCUT2D eigenvalue weighted by Gasteiger charge is 2.49.